The number of hydrogen-bond acceptors (Lipinski definition) is 5. The number of carbonyl (C=O) groups excluding carboxylic acids is 1. The Hall–Kier alpha value is -3.06. The summed E-state index contributed by atoms with van der Waals surface area (Å²) < 4.78 is 35.8. The molecule has 1 aromatic heterocycles. The summed E-state index contributed by atoms with van der Waals surface area (Å²) >= 11 is 0. The van der Waals surface area contributed by atoms with Crippen molar-refractivity contribution in [2.45, 2.75) is 24.1 Å². The van der Waals surface area contributed by atoms with E-state index in [2.05, 4.69) is 5.32 Å². The normalized spacial score (nSPS) is 11.2. The maximum Gasteiger partial charge on any atom is 0.287 e. The monoisotopic (exact) mass is 399 g/mol. The molecule has 28 heavy (non-hydrogen) atoms. The second-order valence-electron chi connectivity index (χ2n) is 6.11. The maximum atomic E-state index is 12.6. The molecule has 0 aliphatic rings. The van der Waals surface area contributed by atoms with Crippen LogP contribution in [-0.4, -0.2) is 20.9 Å². The number of furan rings is 1. The molecule has 0 fully saturated rings. The van der Waals surface area contributed by atoms with Crippen LogP contribution in [-0.2, 0) is 22.1 Å². The molecule has 1 amide bonds. The highest BCUT2D eigenvalue weighted by atomic mass is 32.2. The second kappa shape index (κ2) is 8.75. The Labute approximate surface area is 164 Å². The lowest BCUT2D eigenvalue weighted by molar-refractivity contribution is 0.0922. The van der Waals surface area contributed by atoms with Crippen molar-refractivity contribution in [3.8, 4) is 5.75 Å². The molecule has 6 nitrogen and oxygen atoms in total. The second-order valence-corrected chi connectivity index (χ2v) is 8.10. The highest BCUT2D eigenvalue weighted by molar-refractivity contribution is 7.90. The van der Waals surface area contributed by atoms with Crippen LogP contribution in [0.5, 0.6) is 5.75 Å². The number of ether oxygens (including phenoxy) is 1. The number of nitrogens with one attached hydrogen (secondary N) is 1. The summed E-state index contributed by atoms with van der Waals surface area (Å²) in [5.74, 6) is -0.0525. The molecular weight excluding hydrogens is 378 g/mol. The summed E-state index contributed by atoms with van der Waals surface area (Å²) in [6, 6.07) is 17.0. The molecule has 0 aliphatic heterocycles. The van der Waals surface area contributed by atoms with Crippen molar-refractivity contribution in [1.82, 2.24) is 5.32 Å². The van der Waals surface area contributed by atoms with Crippen LogP contribution in [0.15, 0.2) is 76.2 Å². The van der Waals surface area contributed by atoms with Crippen LogP contribution in [0.1, 0.15) is 28.6 Å². The molecule has 7 heteroatoms. The molecule has 0 saturated heterocycles. The number of rotatable bonds is 8. The zero-order chi connectivity index (χ0) is 20.0. The minimum atomic E-state index is -3.57. The third kappa shape index (κ3) is 4.80. The van der Waals surface area contributed by atoms with E-state index in [1.807, 2.05) is 31.2 Å². The fraction of sp³-hybridized carbons (Fsp3) is 0.190. The Bertz CT molecular complexity index is 1040. The third-order valence-corrected chi connectivity index (χ3v) is 5.74. The lowest BCUT2D eigenvalue weighted by atomic mass is 10.2. The Kier molecular flexibility index (Phi) is 6.16. The molecule has 0 atom stereocenters. The van der Waals surface area contributed by atoms with E-state index in [0.717, 1.165) is 11.3 Å². The van der Waals surface area contributed by atoms with Crippen molar-refractivity contribution in [1.29, 1.82) is 0 Å². The van der Waals surface area contributed by atoms with Gasteiger partial charge in [-0.15, -0.1) is 0 Å². The number of hydrogen-bond donors (Lipinski definition) is 1. The van der Waals surface area contributed by atoms with Crippen molar-refractivity contribution < 1.29 is 22.4 Å². The maximum absolute atomic E-state index is 12.6. The Morgan fingerprint density at radius 1 is 1.07 bits per heavy atom. The van der Waals surface area contributed by atoms with Gasteiger partial charge in [0.2, 0.25) is 0 Å². The van der Waals surface area contributed by atoms with Gasteiger partial charge >= 0.3 is 0 Å². The molecule has 0 unspecified atom stereocenters. The van der Waals surface area contributed by atoms with Crippen LogP contribution in [0.4, 0.5) is 0 Å². The largest absolute Gasteiger partial charge is 0.494 e. The van der Waals surface area contributed by atoms with Gasteiger partial charge in [0.05, 0.1) is 23.5 Å². The van der Waals surface area contributed by atoms with Crippen LogP contribution in [0, 0.1) is 0 Å². The standard InChI is InChI=1S/C21H21NO5S/c1-2-26-18-8-6-7-16(13-18)14-22-21(23)20-17(11-12-27-20)15-28(24,25)19-9-4-3-5-10-19/h3-13H,2,14-15H2,1H3,(H,22,23). The summed E-state index contributed by atoms with van der Waals surface area (Å²) in [4.78, 5) is 12.7. The molecule has 1 heterocycles. The van der Waals surface area contributed by atoms with Crippen molar-refractivity contribution in [2.75, 3.05) is 6.61 Å². The van der Waals surface area contributed by atoms with Crippen molar-refractivity contribution in [3.05, 3.63) is 83.8 Å². The molecular formula is C21H21NO5S. The van der Waals surface area contributed by atoms with Crippen LogP contribution in [0.25, 0.3) is 0 Å². The molecule has 2 aromatic carbocycles. The average molecular weight is 399 g/mol. The van der Waals surface area contributed by atoms with Crippen LogP contribution in [0.3, 0.4) is 0 Å². The van der Waals surface area contributed by atoms with E-state index in [-0.39, 0.29) is 23.0 Å². The van der Waals surface area contributed by atoms with Gasteiger partial charge in [-0.2, -0.15) is 0 Å². The number of sulfone groups is 1. The van der Waals surface area contributed by atoms with Gasteiger partial charge in [-0.3, -0.25) is 4.79 Å². The molecule has 3 aromatic rings. The summed E-state index contributed by atoms with van der Waals surface area (Å²) in [7, 11) is -3.57. The number of benzene rings is 2. The van der Waals surface area contributed by atoms with Gasteiger partial charge in [-0.25, -0.2) is 8.42 Å². The van der Waals surface area contributed by atoms with E-state index in [1.54, 1.807) is 18.2 Å². The Morgan fingerprint density at radius 3 is 2.61 bits per heavy atom. The molecule has 0 radical (unpaired) electrons. The van der Waals surface area contributed by atoms with E-state index >= 15 is 0 Å². The third-order valence-electron chi connectivity index (χ3n) is 4.06. The average Bonchev–Trinajstić information content (AvgIpc) is 3.15. The van der Waals surface area contributed by atoms with Crippen molar-refractivity contribution in [2.24, 2.45) is 0 Å². The van der Waals surface area contributed by atoms with Gasteiger partial charge in [-0.1, -0.05) is 30.3 Å². The van der Waals surface area contributed by atoms with E-state index in [4.69, 9.17) is 9.15 Å². The number of carbonyl (C=O) groups is 1. The zero-order valence-corrected chi connectivity index (χ0v) is 16.2. The molecule has 3 rings (SSSR count). The highest BCUT2D eigenvalue weighted by Gasteiger charge is 2.22. The molecule has 0 bridgehead atoms. The molecule has 0 spiro atoms. The van der Waals surface area contributed by atoms with Gasteiger partial charge in [0.15, 0.2) is 15.6 Å². The summed E-state index contributed by atoms with van der Waals surface area (Å²) in [5, 5.41) is 2.75. The highest BCUT2D eigenvalue weighted by Crippen LogP contribution is 2.20. The molecule has 146 valence electrons. The predicted octanol–water partition coefficient (Wildman–Crippen LogP) is 3.58. The SMILES string of the molecule is CCOc1cccc(CNC(=O)c2occc2CS(=O)(=O)c2ccccc2)c1. The Balaban J connectivity index is 1.69. The lowest BCUT2D eigenvalue weighted by Crippen LogP contribution is -2.23. The minimum Gasteiger partial charge on any atom is -0.494 e. The van der Waals surface area contributed by atoms with Gasteiger partial charge in [0.25, 0.3) is 5.91 Å². The predicted molar refractivity (Wildman–Crippen MR) is 105 cm³/mol. The summed E-state index contributed by atoms with van der Waals surface area (Å²) in [6.07, 6.45) is 1.32. The van der Waals surface area contributed by atoms with Crippen molar-refractivity contribution >= 4 is 15.7 Å². The molecule has 0 aliphatic carbocycles. The minimum absolute atomic E-state index is 0.000434. The quantitative estimate of drug-likeness (QED) is 0.626. The molecule has 1 N–H and O–H groups in total. The van der Waals surface area contributed by atoms with Gasteiger partial charge in [-0.05, 0) is 42.8 Å². The van der Waals surface area contributed by atoms with Crippen molar-refractivity contribution in [3.63, 3.8) is 0 Å². The smallest absolute Gasteiger partial charge is 0.287 e. The zero-order valence-electron chi connectivity index (χ0n) is 15.4. The fourth-order valence-corrected chi connectivity index (χ4v) is 4.11. The Morgan fingerprint density at radius 2 is 1.86 bits per heavy atom. The fourth-order valence-electron chi connectivity index (χ4n) is 2.74. The van der Waals surface area contributed by atoms with Crippen LogP contribution >= 0.6 is 0 Å². The van der Waals surface area contributed by atoms with Crippen LogP contribution in [0.2, 0.25) is 0 Å². The van der Waals surface area contributed by atoms with E-state index in [0.29, 0.717) is 12.2 Å². The van der Waals surface area contributed by atoms with Gasteiger partial charge in [0.1, 0.15) is 5.75 Å². The summed E-state index contributed by atoms with van der Waals surface area (Å²) in [5.41, 5.74) is 1.19. The number of amides is 1. The first kappa shape index (κ1) is 19.7. The van der Waals surface area contributed by atoms with E-state index in [9.17, 15) is 13.2 Å². The lowest BCUT2D eigenvalue weighted by Gasteiger charge is -2.08. The first-order valence-electron chi connectivity index (χ1n) is 8.83. The van der Waals surface area contributed by atoms with E-state index < -0.39 is 15.7 Å². The van der Waals surface area contributed by atoms with Gasteiger partial charge < -0.3 is 14.5 Å². The summed E-state index contributed by atoms with van der Waals surface area (Å²) in [6.45, 7) is 2.73. The van der Waals surface area contributed by atoms with Gasteiger partial charge in [0, 0.05) is 12.1 Å². The van der Waals surface area contributed by atoms with Crippen LogP contribution < -0.4 is 10.1 Å². The topological polar surface area (TPSA) is 85.6 Å². The first-order valence-corrected chi connectivity index (χ1v) is 10.5. The first-order chi connectivity index (χ1) is 13.5. The molecule has 0 saturated carbocycles. The van der Waals surface area contributed by atoms with E-state index in [1.165, 1.54) is 24.5 Å².